The van der Waals surface area contributed by atoms with E-state index in [4.69, 9.17) is 9.72 Å². The minimum absolute atomic E-state index is 0.0912. The van der Waals surface area contributed by atoms with Crippen molar-refractivity contribution in [2.75, 3.05) is 0 Å². The highest BCUT2D eigenvalue weighted by Gasteiger charge is 2.34. The maximum Gasteiger partial charge on any atom is 0.228 e. The van der Waals surface area contributed by atoms with Crippen molar-refractivity contribution in [3.63, 3.8) is 0 Å². The molecular weight excluding hydrogens is 412 g/mol. The number of hydrogen-bond donors (Lipinski definition) is 0. The predicted octanol–water partition coefficient (Wildman–Crippen LogP) is 4.96. The van der Waals surface area contributed by atoms with Crippen LogP contribution in [0.15, 0.2) is 85.3 Å². The number of aryl methyl sites for hydroxylation is 1. The van der Waals surface area contributed by atoms with Gasteiger partial charge in [-0.05, 0) is 17.0 Å². The summed E-state index contributed by atoms with van der Waals surface area (Å²) in [7, 11) is 1.88. The summed E-state index contributed by atoms with van der Waals surface area (Å²) in [6.45, 7) is 0. The average molecular weight is 430 g/mol. The Labute approximate surface area is 188 Å². The fourth-order valence-electron chi connectivity index (χ4n) is 4.68. The zero-order chi connectivity index (χ0) is 21.9. The number of aromatic nitrogens is 6. The predicted molar refractivity (Wildman–Crippen MR) is 124 cm³/mol. The van der Waals surface area contributed by atoms with E-state index in [1.807, 2.05) is 37.5 Å². The van der Waals surface area contributed by atoms with Crippen LogP contribution < -0.4 is 4.74 Å². The van der Waals surface area contributed by atoms with E-state index in [-0.39, 0.29) is 5.92 Å². The highest BCUT2D eigenvalue weighted by molar-refractivity contribution is 5.91. The van der Waals surface area contributed by atoms with Crippen LogP contribution in [-0.2, 0) is 7.05 Å². The van der Waals surface area contributed by atoms with Gasteiger partial charge in [-0.15, -0.1) is 5.10 Å². The highest BCUT2D eigenvalue weighted by Crippen LogP contribution is 2.50. The van der Waals surface area contributed by atoms with Crippen LogP contribution in [0.25, 0.3) is 27.9 Å². The number of ether oxygens (including phenoxy) is 1. The standard InChI is InChI=1S/C26H18N6O/c1-31-14-13-20(29-31)24-28-25-22-21(17-8-3-2-4-9-17)19-12-11-16-7-5-6-10-18(16)23(19)33-26(22)27-15-32(25)30-24/h2-15,21H,1H3. The molecule has 158 valence electrons. The molecule has 6 aromatic rings. The second-order valence-corrected chi connectivity index (χ2v) is 8.19. The molecule has 3 aromatic carbocycles. The van der Waals surface area contributed by atoms with Crippen molar-refractivity contribution in [3.05, 3.63) is 102 Å². The lowest BCUT2D eigenvalue weighted by Gasteiger charge is -2.28. The number of benzene rings is 3. The van der Waals surface area contributed by atoms with Gasteiger partial charge in [0, 0.05) is 30.1 Å². The van der Waals surface area contributed by atoms with Gasteiger partial charge < -0.3 is 4.74 Å². The molecule has 0 bridgehead atoms. The molecule has 4 heterocycles. The molecule has 1 unspecified atom stereocenters. The molecule has 0 fully saturated rings. The van der Waals surface area contributed by atoms with Crippen molar-refractivity contribution in [2.24, 2.45) is 7.05 Å². The molecule has 1 aliphatic rings. The second kappa shape index (κ2) is 6.74. The van der Waals surface area contributed by atoms with E-state index in [0.29, 0.717) is 23.0 Å². The zero-order valence-corrected chi connectivity index (χ0v) is 17.8. The molecule has 0 saturated carbocycles. The first-order valence-electron chi connectivity index (χ1n) is 10.8. The lowest BCUT2D eigenvalue weighted by atomic mass is 9.83. The summed E-state index contributed by atoms with van der Waals surface area (Å²) in [6, 6.07) is 24.9. The monoisotopic (exact) mass is 430 g/mol. The van der Waals surface area contributed by atoms with E-state index in [2.05, 4.69) is 63.7 Å². The van der Waals surface area contributed by atoms with Crippen LogP contribution in [0.4, 0.5) is 0 Å². The van der Waals surface area contributed by atoms with Gasteiger partial charge in [-0.2, -0.15) is 5.10 Å². The van der Waals surface area contributed by atoms with Gasteiger partial charge in [0.05, 0.1) is 5.56 Å². The number of fused-ring (bicyclic) bond motifs is 6. The molecule has 7 rings (SSSR count). The van der Waals surface area contributed by atoms with Crippen LogP contribution in [0.1, 0.15) is 22.6 Å². The van der Waals surface area contributed by atoms with Crippen LogP contribution in [0.2, 0.25) is 0 Å². The zero-order valence-electron chi connectivity index (χ0n) is 17.8. The lowest BCUT2D eigenvalue weighted by Crippen LogP contribution is -2.15. The van der Waals surface area contributed by atoms with Crippen molar-refractivity contribution in [1.82, 2.24) is 29.4 Å². The van der Waals surface area contributed by atoms with Crippen LogP contribution in [0, 0.1) is 0 Å². The van der Waals surface area contributed by atoms with Crippen molar-refractivity contribution < 1.29 is 4.74 Å². The Morgan fingerprint density at radius 3 is 2.58 bits per heavy atom. The summed E-state index contributed by atoms with van der Waals surface area (Å²) in [5.41, 5.74) is 4.57. The largest absolute Gasteiger partial charge is 0.438 e. The number of hydrogen-bond acceptors (Lipinski definition) is 5. The maximum absolute atomic E-state index is 6.46. The Morgan fingerprint density at radius 1 is 0.879 bits per heavy atom. The van der Waals surface area contributed by atoms with Gasteiger partial charge in [-0.25, -0.2) is 14.5 Å². The Morgan fingerprint density at radius 2 is 1.73 bits per heavy atom. The van der Waals surface area contributed by atoms with Crippen molar-refractivity contribution >= 4 is 16.4 Å². The molecule has 7 heteroatoms. The summed E-state index contributed by atoms with van der Waals surface area (Å²) >= 11 is 0. The first kappa shape index (κ1) is 18.1. The minimum Gasteiger partial charge on any atom is -0.438 e. The summed E-state index contributed by atoms with van der Waals surface area (Å²) in [5.74, 6) is 1.87. The Hall–Kier alpha value is -4.52. The lowest BCUT2D eigenvalue weighted by molar-refractivity contribution is 0.437. The van der Waals surface area contributed by atoms with Gasteiger partial charge >= 0.3 is 0 Å². The first-order chi connectivity index (χ1) is 16.3. The second-order valence-electron chi connectivity index (χ2n) is 8.19. The van der Waals surface area contributed by atoms with Gasteiger partial charge in [0.1, 0.15) is 17.8 Å². The number of nitrogens with zero attached hydrogens (tertiary/aromatic N) is 6. The van der Waals surface area contributed by atoms with E-state index < -0.39 is 0 Å². The molecule has 0 saturated heterocycles. The smallest absolute Gasteiger partial charge is 0.228 e. The Kier molecular flexibility index (Phi) is 3.69. The molecule has 0 N–H and O–H groups in total. The third-order valence-corrected chi connectivity index (χ3v) is 6.17. The molecule has 1 atom stereocenters. The van der Waals surface area contributed by atoms with E-state index in [0.717, 1.165) is 33.2 Å². The topological polar surface area (TPSA) is 70.1 Å². The molecule has 7 nitrogen and oxygen atoms in total. The van der Waals surface area contributed by atoms with Gasteiger partial charge in [-0.3, -0.25) is 4.68 Å². The molecule has 0 spiro atoms. The fourth-order valence-corrected chi connectivity index (χ4v) is 4.68. The van der Waals surface area contributed by atoms with Crippen LogP contribution >= 0.6 is 0 Å². The Bertz CT molecular complexity index is 1670. The van der Waals surface area contributed by atoms with Crippen molar-refractivity contribution in [3.8, 4) is 23.1 Å². The first-order valence-corrected chi connectivity index (χ1v) is 10.8. The minimum atomic E-state index is -0.0912. The van der Waals surface area contributed by atoms with Crippen LogP contribution in [-0.4, -0.2) is 29.4 Å². The summed E-state index contributed by atoms with van der Waals surface area (Å²) in [4.78, 5) is 9.53. The SMILES string of the molecule is Cn1ccc(-c2nc3c4c(ncn3n2)Oc2c(ccc3ccccc23)C4c2ccccc2)n1. The molecular formula is C26H18N6O. The van der Waals surface area contributed by atoms with E-state index >= 15 is 0 Å². The van der Waals surface area contributed by atoms with E-state index in [1.54, 1.807) is 15.5 Å². The van der Waals surface area contributed by atoms with E-state index in [1.165, 1.54) is 0 Å². The third kappa shape index (κ3) is 2.69. The summed E-state index contributed by atoms with van der Waals surface area (Å²) in [6.07, 6.45) is 3.54. The van der Waals surface area contributed by atoms with E-state index in [9.17, 15) is 0 Å². The normalized spacial score (nSPS) is 14.8. The van der Waals surface area contributed by atoms with Crippen LogP contribution in [0.5, 0.6) is 11.6 Å². The third-order valence-electron chi connectivity index (χ3n) is 6.17. The number of rotatable bonds is 2. The van der Waals surface area contributed by atoms with Gasteiger partial charge in [0.15, 0.2) is 5.65 Å². The van der Waals surface area contributed by atoms with Crippen molar-refractivity contribution in [2.45, 2.75) is 5.92 Å². The highest BCUT2D eigenvalue weighted by atomic mass is 16.5. The van der Waals surface area contributed by atoms with Crippen molar-refractivity contribution in [1.29, 1.82) is 0 Å². The molecule has 0 radical (unpaired) electrons. The molecule has 0 amide bonds. The fraction of sp³-hybridized carbons (Fsp3) is 0.0769. The quantitative estimate of drug-likeness (QED) is 0.388. The summed E-state index contributed by atoms with van der Waals surface area (Å²) < 4.78 is 9.92. The molecule has 1 aliphatic heterocycles. The molecule has 0 aliphatic carbocycles. The molecule has 33 heavy (non-hydrogen) atoms. The van der Waals surface area contributed by atoms with Crippen LogP contribution in [0.3, 0.4) is 0 Å². The Balaban J connectivity index is 1.52. The average Bonchev–Trinajstić information content (AvgIpc) is 3.49. The maximum atomic E-state index is 6.46. The van der Waals surface area contributed by atoms with Gasteiger partial charge in [0.2, 0.25) is 11.7 Å². The van der Waals surface area contributed by atoms with Gasteiger partial charge in [-0.1, -0.05) is 66.7 Å². The summed E-state index contributed by atoms with van der Waals surface area (Å²) in [5, 5.41) is 11.3. The van der Waals surface area contributed by atoms with Gasteiger partial charge in [0.25, 0.3) is 0 Å². The molecule has 3 aromatic heterocycles.